The van der Waals surface area contributed by atoms with Crippen molar-refractivity contribution in [2.24, 2.45) is 0 Å². The maximum Gasteiger partial charge on any atom is 0.220 e. The highest BCUT2D eigenvalue weighted by Crippen LogP contribution is 2.41. The smallest absolute Gasteiger partial charge is 0.220 e. The molecule has 2 aromatic rings. The maximum atomic E-state index is 12.5. The number of hydrogen-bond donors (Lipinski definition) is 1. The van der Waals surface area contributed by atoms with Gasteiger partial charge in [-0.3, -0.25) is 4.79 Å². The molecule has 0 unspecified atom stereocenters. The second-order valence-corrected chi connectivity index (χ2v) is 9.10. The normalized spacial score (nSPS) is 17.4. The summed E-state index contributed by atoms with van der Waals surface area (Å²) in [6, 6.07) is 13.4. The first-order valence-electron chi connectivity index (χ1n) is 9.41. The zero-order valence-corrected chi connectivity index (χ0v) is 18.0. The summed E-state index contributed by atoms with van der Waals surface area (Å²) in [6.07, 6.45) is 2.03. The molecule has 6 heteroatoms. The molecule has 0 bridgehead atoms. The van der Waals surface area contributed by atoms with Crippen LogP contribution in [0.4, 0.5) is 0 Å². The lowest BCUT2D eigenvalue weighted by molar-refractivity contribution is -0.122. The minimum absolute atomic E-state index is 0.0631. The average molecular weight is 420 g/mol. The van der Waals surface area contributed by atoms with Crippen LogP contribution in [0.15, 0.2) is 47.4 Å². The average Bonchev–Trinajstić information content (AvgIpc) is 2.65. The Balaban J connectivity index is 1.55. The largest absolute Gasteiger partial charge is 0.497 e. The third-order valence-electron chi connectivity index (χ3n) is 4.64. The number of rotatable bonds is 7. The topological polar surface area (TPSA) is 47.6 Å². The van der Waals surface area contributed by atoms with Crippen molar-refractivity contribution in [2.45, 2.75) is 49.6 Å². The van der Waals surface area contributed by atoms with Crippen LogP contribution in [0.5, 0.6) is 11.5 Å². The minimum Gasteiger partial charge on any atom is -0.497 e. The number of methoxy groups -OCH3 is 1. The predicted octanol–water partition coefficient (Wildman–Crippen LogP) is 5.64. The highest BCUT2D eigenvalue weighted by molar-refractivity contribution is 7.99. The molecule has 2 aromatic carbocycles. The Hall–Kier alpha value is -1.85. The van der Waals surface area contributed by atoms with E-state index in [2.05, 4.69) is 5.32 Å². The molecule has 1 amide bonds. The van der Waals surface area contributed by atoms with Gasteiger partial charge < -0.3 is 14.8 Å². The van der Waals surface area contributed by atoms with Crippen LogP contribution in [0, 0.1) is 0 Å². The van der Waals surface area contributed by atoms with Crippen LogP contribution < -0.4 is 14.8 Å². The van der Waals surface area contributed by atoms with Gasteiger partial charge in [-0.1, -0.05) is 11.6 Å². The number of hydrogen-bond acceptors (Lipinski definition) is 4. The number of nitrogens with one attached hydrogen (secondary N) is 1. The van der Waals surface area contributed by atoms with E-state index in [1.54, 1.807) is 18.9 Å². The highest BCUT2D eigenvalue weighted by atomic mass is 35.5. The fourth-order valence-electron chi connectivity index (χ4n) is 3.31. The summed E-state index contributed by atoms with van der Waals surface area (Å²) in [5, 5.41) is 3.92. The van der Waals surface area contributed by atoms with Gasteiger partial charge in [0, 0.05) is 28.3 Å². The van der Waals surface area contributed by atoms with Crippen molar-refractivity contribution >= 4 is 29.3 Å². The predicted molar refractivity (Wildman–Crippen MR) is 115 cm³/mol. The minimum atomic E-state index is -0.329. The SMILES string of the molecule is COc1ccc2c(c1)[C@@H](NC(=O)CCCSc1ccc(Cl)cc1)CC(C)(C)O2. The first-order valence-corrected chi connectivity index (χ1v) is 10.8. The number of halogens is 1. The Morgan fingerprint density at radius 2 is 2.04 bits per heavy atom. The molecule has 0 fully saturated rings. The maximum absolute atomic E-state index is 12.5. The van der Waals surface area contributed by atoms with Gasteiger partial charge in [0.25, 0.3) is 0 Å². The second kappa shape index (κ2) is 9.10. The summed E-state index contributed by atoms with van der Waals surface area (Å²) < 4.78 is 11.4. The van der Waals surface area contributed by atoms with Gasteiger partial charge in [-0.2, -0.15) is 0 Å². The van der Waals surface area contributed by atoms with E-state index in [1.165, 1.54) is 0 Å². The van der Waals surface area contributed by atoms with Gasteiger partial charge in [-0.15, -0.1) is 11.8 Å². The molecule has 1 N–H and O–H groups in total. The molecule has 0 saturated heterocycles. The first kappa shape index (κ1) is 20.9. The van der Waals surface area contributed by atoms with Crippen molar-refractivity contribution in [1.29, 1.82) is 0 Å². The van der Waals surface area contributed by atoms with Crippen LogP contribution >= 0.6 is 23.4 Å². The van der Waals surface area contributed by atoms with Gasteiger partial charge in [0.2, 0.25) is 5.91 Å². The third kappa shape index (κ3) is 5.58. The Bertz CT molecular complexity index is 823. The molecule has 0 spiro atoms. The van der Waals surface area contributed by atoms with Crippen LogP contribution in [0.1, 0.15) is 44.7 Å². The number of amides is 1. The Morgan fingerprint density at radius 1 is 1.29 bits per heavy atom. The third-order valence-corrected chi connectivity index (χ3v) is 5.99. The van der Waals surface area contributed by atoms with Crippen LogP contribution in [0.25, 0.3) is 0 Å². The number of fused-ring (bicyclic) bond motifs is 1. The number of benzene rings is 2. The molecular formula is C22H26ClNO3S. The van der Waals surface area contributed by atoms with Crippen molar-refractivity contribution < 1.29 is 14.3 Å². The quantitative estimate of drug-likeness (QED) is 0.466. The van der Waals surface area contributed by atoms with Crippen LogP contribution in [-0.4, -0.2) is 24.4 Å². The van der Waals surface area contributed by atoms with E-state index in [1.807, 2.05) is 56.3 Å². The monoisotopic (exact) mass is 419 g/mol. The van der Waals surface area contributed by atoms with Crippen molar-refractivity contribution in [3.63, 3.8) is 0 Å². The molecule has 28 heavy (non-hydrogen) atoms. The highest BCUT2D eigenvalue weighted by Gasteiger charge is 2.34. The van der Waals surface area contributed by atoms with E-state index in [4.69, 9.17) is 21.1 Å². The molecule has 1 aliphatic heterocycles. The standard InChI is InChI=1S/C22H26ClNO3S/c1-22(2)14-19(18-13-16(26-3)8-11-20(18)27-22)24-21(25)5-4-12-28-17-9-6-15(23)7-10-17/h6-11,13,19H,4-5,12,14H2,1-3H3,(H,24,25)/t19-/m0/s1. The number of carbonyl (C=O) groups is 1. The molecule has 0 aliphatic carbocycles. The van der Waals surface area contributed by atoms with Gasteiger partial charge in [0.05, 0.1) is 13.2 Å². The van der Waals surface area contributed by atoms with Crippen LogP contribution in [-0.2, 0) is 4.79 Å². The number of ether oxygens (including phenoxy) is 2. The van der Waals surface area contributed by atoms with Crippen LogP contribution in [0.2, 0.25) is 5.02 Å². The number of thioether (sulfide) groups is 1. The van der Waals surface area contributed by atoms with Gasteiger partial charge in [-0.25, -0.2) is 0 Å². The van der Waals surface area contributed by atoms with Gasteiger partial charge >= 0.3 is 0 Å². The molecule has 1 heterocycles. The summed E-state index contributed by atoms with van der Waals surface area (Å²) >= 11 is 7.64. The van der Waals surface area contributed by atoms with Crippen molar-refractivity contribution in [3.8, 4) is 11.5 Å². The molecular weight excluding hydrogens is 394 g/mol. The summed E-state index contributed by atoms with van der Waals surface area (Å²) in [6.45, 7) is 4.09. The number of carbonyl (C=O) groups excluding carboxylic acids is 1. The van der Waals surface area contributed by atoms with E-state index < -0.39 is 0 Å². The molecule has 0 aromatic heterocycles. The van der Waals surface area contributed by atoms with Gasteiger partial charge in [0.1, 0.15) is 17.1 Å². The molecule has 0 radical (unpaired) electrons. The summed E-state index contributed by atoms with van der Waals surface area (Å²) in [5.74, 6) is 2.52. The molecule has 1 atom stereocenters. The van der Waals surface area contributed by atoms with Crippen molar-refractivity contribution in [3.05, 3.63) is 53.1 Å². The fourth-order valence-corrected chi connectivity index (χ4v) is 4.29. The van der Waals surface area contributed by atoms with Gasteiger partial charge in [0.15, 0.2) is 0 Å². The van der Waals surface area contributed by atoms with E-state index >= 15 is 0 Å². The first-order chi connectivity index (χ1) is 13.4. The van der Waals surface area contributed by atoms with Crippen molar-refractivity contribution in [1.82, 2.24) is 5.32 Å². The molecule has 4 nitrogen and oxygen atoms in total. The fraction of sp³-hybridized carbons (Fsp3) is 0.409. The lowest BCUT2D eigenvalue weighted by Crippen LogP contribution is -2.41. The van der Waals surface area contributed by atoms with Crippen molar-refractivity contribution in [2.75, 3.05) is 12.9 Å². The van der Waals surface area contributed by atoms with E-state index in [0.717, 1.165) is 45.6 Å². The lowest BCUT2D eigenvalue weighted by atomic mass is 9.89. The molecule has 1 aliphatic rings. The summed E-state index contributed by atoms with van der Waals surface area (Å²) in [4.78, 5) is 13.7. The Labute approximate surface area is 175 Å². The Kier molecular flexibility index (Phi) is 6.78. The summed E-state index contributed by atoms with van der Waals surface area (Å²) in [7, 11) is 1.64. The second-order valence-electron chi connectivity index (χ2n) is 7.50. The van der Waals surface area contributed by atoms with E-state index in [9.17, 15) is 4.79 Å². The van der Waals surface area contributed by atoms with E-state index in [0.29, 0.717) is 6.42 Å². The Morgan fingerprint density at radius 3 is 2.75 bits per heavy atom. The van der Waals surface area contributed by atoms with E-state index in [-0.39, 0.29) is 17.6 Å². The zero-order chi connectivity index (χ0) is 20.1. The molecule has 150 valence electrons. The lowest BCUT2D eigenvalue weighted by Gasteiger charge is -2.38. The zero-order valence-electron chi connectivity index (χ0n) is 16.5. The molecule has 3 rings (SSSR count). The summed E-state index contributed by atoms with van der Waals surface area (Å²) in [5.41, 5.74) is 0.645. The van der Waals surface area contributed by atoms with Gasteiger partial charge in [-0.05, 0) is 68.5 Å². The molecule has 0 saturated carbocycles. The van der Waals surface area contributed by atoms with Crippen LogP contribution in [0.3, 0.4) is 0 Å².